The van der Waals surface area contributed by atoms with Crippen LogP contribution in [0.2, 0.25) is 0 Å². The summed E-state index contributed by atoms with van der Waals surface area (Å²) in [5.74, 6) is 0.981. The predicted molar refractivity (Wildman–Crippen MR) is 88.6 cm³/mol. The molecule has 0 radical (unpaired) electrons. The minimum Gasteiger partial charge on any atom is -0.457 e. The van der Waals surface area contributed by atoms with E-state index in [2.05, 4.69) is 10.3 Å². The van der Waals surface area contributed by atoms with E-state index in [9.17, 15) is 4.79 Å². The number of aromatic nitrogens is 1. The molecule has 23 heavy (non-hydrogen) atoms. The molecule has 1 N–H and O–H groups in total. The first kappa shape index (κ1) is 15.3. The van der Waals surface area contributed by atoms with Gasteiger partial charge in [-0.25, -0.2) is 4.98 Å². The van der Waals surface area contributed by atoms with Crippen LogP contribution >= 0.6 is 11.3 Å². The van der Waals surface area contributed by atoms with Crippen molar-refractivity contribution in [3.8, 4) is 16.8 Å². The topological polar surface area (TPSA) is 78.9 Å². The summed E-state index contributed by atoms with van der Waals surface area (Å²) < 4.78 is 6.85. The molecule has 3 rings (SSSR count). The van der Waals surface area contributed by atoms with Crippen molar-refractivity contribution in [2.75, 3.05) is 0 Å². The van der Waals surface area contributed by atoms with Gasteiger partial charge in [0.25, 0.3) is 0 Å². The summed E-state index contributed by atoms with van der Waals surface area (Å²) in [7, 11) is 0. The van der Waals surface area contributed by atoms with E-state index in [-0.39, 0.29) is 12.5 Å². The lowest BCUT2D eigenvalue weighted by Gasteiger charge is -2.13. The molecule has 0 spiro atoms. The Morgan fingerprint density at radius 2 is 2.13 bits per heavy atom. The third kappa shape index (κ3) is 3.10. The van der Waals surface area contributed by atoms with E-state index in [1.165, 1.54) is 0 Å². The Bertz CT molecular complexity index is 869. The summed E-state index contributed by atoms with van der Waals surface area (Å²) >= 11 is 1.56. The average molecular weight is 325 g/mol. The van der Waals surface area contributed by atoms with Crippen LogP contribution in [-0.4, -0.2) is 10.9 Å². The van der Waals surface area contributed by atoms with Gasteiger partial charge in [0, 0.05) is 0 Å². The number of amides is 1. The number of rotatable bonds is 4. The first-order chi connectivity index (χ1) is 11.0. The number of para-hydroxylation sites is 1. The monoisotopic (exact) mass is 325 g/mol. The number of fused-ring (bicyclic) bond motifs is 1. The van der Waals surface area contributed by atoms with E-state index in [4.69, 9.17) is 9.68 Å². The van der Waals surface area contributed by atoms with Crippen molar-refractivity contribution < 1.29 is 9.21 Å². The lowest BCUT2D eigenvalue weighted by Crippen LogP contribution is -2.35. The van der Waals surface area contributed by atoms with Crippen molar-refractivity contribution in [2.24, 2.45) is 5.41 Å². The van der Waals surface area contributed by atoms with E-state index in [1.807, 2.05) is 36.4 Å². The molecule has 0 bridgehead atoms. The molecular weight excluding hydrogens is 310 g/mol. The zero-order valence-corrected chi connectivity index (χ0v) is 13.6. The lowest BCUT2D eigenvalue weighted by atomic mass is 9.95. The minimum atomic E-state index is -1.05. The van der Waals surface area contributed by atoms with Crippen LogP contribution in [0.5, 0.6) is 0 Å². The molecule has 1 aromatic carbocycles. The largest absolute Gasteiger partial charge is 0.457 e. The maximum absolute atomic E-state index is 11.9. The Kier molecular flexibility index (Phi) is 3.89. The molecule has 0 unspecified atom stereocenters. The van der Waals surface area contributed by atoms with Crippen molar-refractivity contribution in [3.05, 3.63) is 42.2 Å². The molecule has 2 heterocycles. The Morgan fingerprint density at radius 3 is 2.87 bits per heavy atom. The minimum absolute atomic E-state index is 0.245. The van der Waals surface area contributed by atoms with E-state index >= 15 is 0 Å². The highest BCUT2D eigenvalue weighted by atomic mass is 32.1. The van der Waals surface area contributed by atoms with Crippen molar-refractivity contribution in [1.82, 2.24) is 10.3 Å². The van der Waals surface area contributed by atoms with Crippen LogP contribution < -0.4 is 5.32 Å². The number of benzene rings is 1. The highest BCUT2D eigenvalue weighted by Gasteiger charge is 2.27. The molecule has 0 atom stereocenters. The molecule has 5 nitrogen and oxygen atoms in total. The molecule has 0 aliphatic rings. The first-order valence-corrected chi connectivity index (χ1v) is 7.95. The van der Waals surface area contributed by atoms with Gasteiger partial charge in [-0.1, -0.05) is 12.1 Å². The highest BCUT2D eigenvalue weighted by molar-refractivity contribution is 7.21. The molecule has 0 aliphatic carbocycles. The Balaban J connectivity index is 1.73. The molecule has 0 saturated heterocycles. The van der Waals surface area contributed by atoms with Crippen LogP contribution in [0.1, 0.15) is 19.6 Å². The number of nitriles is 1. The fourth-order valence-electron chi connectivity index (χ4n) is 2.00. The van der Waals surface area contributed by atoms with Gasteiger partial charge in [0.2, 0.25) is 5.91 Å². The van der Waals surface area contributed by atoms with Gasteiger partial charge in [-0.15, -0.1) is 11.3 Å². The first-order valence-electron chi connectivity index (χ1n) is 7.14. The average Bonchev–Trinajstić information content (AvgIpc) is 3.18. The normalized spacial score (nSPS) is 11.3. The maximum Gasteiger partial charge on any atom is 0.240 e. The smallest absolute Gasteiger partial charge is 0.240 e. The number of hydrogen-bond acceptors (Lipinski definition) is 5. The third-order valence-corrected chi connectivity index (χ3v) is 4.49. The number of thiazole rings is 1. The lowest BCUT2D eigenvalue weighted by molar-refractivity contribution is -0.127. The molecule has 1 amide bonds. The van der Waals surface area contributed by atoms with Gasteiger partial charge in [0.15, 0.2) is 10.8 Å². The van der Waals surface area contributed by atoms with Gasteiger partial charge in [-0.05, 0) is 38.1 Å². The second-order valence-electron chi connectivity index (χ2n) is 5.67. The molecule has 0 fully saturated rings. The molecular formula is C17H15N3O2S. The molecule has 3 aromatic rings. The Labute approximate surface area is 137 Å². The zero-order chi connectivity index (χ0) is 16.4. The molecule has 2 aromatic heterocycles. The summed E-state index contributed by atoms with van der Waals surface area (Å²) in [6.07, 6.45) is 0. The second-order valence-corrected chi connectivity index (χ2v) is 6.70. The van der Waals surface area contributed by atoms with Crippen LogP contribution in [0.15, 0.2) is 40.8 Å². The quantitative estimate of drug-likeness (QED) is 0.793. The van der Waals surface area contributed by atoms with Crippen molar-refractivity contribution in [2.45, 2.75) is 20.4 Å². The van der Waals surface area contributed by atoms with E-state index in [0.29, 0.717) is 11.5 Å². The van der Waals surface area contributed by atoms with Crippen LogP contribution in [0.25, 0.3) is 21.0 Å². The van der Waals surface area contributed by atoms with E-state index in [1.54, 1.807) is 31.3 Å². The highest BCUT2D eigenvalue weighted by Crippen LogP contribution is 2.31. The zero-order valence-electron chi connectivity index (χ0n) is 12.8. The van der Waals surface area contributed by atoms with Gasteiger partial charge in [-0.3, -0.25) is 4.79 Å². The fourth-order valence-corrected chi connectivity index (χ4v) is 2.93. The standard InChI is InChI=1S/C17H15N3O2S/c1-17(2,10-18)16(21)19-9-11-7-8-13(22-11)15-20-12-5-3-4-6-14(12)23-15/h3-8H,9H2,1-2H3,(H,19,21). The third-order valence-electron chi connectivity index (χ3n) is 3.44. The number of furan rings is 1. The van der Waals surface area contributed by atoms with Crippen LogP contribution in [0, 0.1) is 16.7 Å². The van der Waals surface area contributed by atoms with Gasteiger partial charge in [0.1, 0.15) is 11.2 Å². The molecule has 116 valence electrons. The number of hydrogen-bond donors (Lipinski definition) is 1. The second kappa shape index (κ2) is 5.86. The van der Waals surface area contributed by atoms with Crippen molar-refractivity contribution in [3.63, 3.8) is 0 Å². The molecule has 6 heteroatoms. The Hall–Kier alpha value is -2.65. The van der Waals surface area contributed by atoms with E-state index in [0.717, 1.165) is 15.2 Å². The summed E-state index contributed by atoms with van der Waals surface area (Å²) in [6.45, 7) is 3.41. The maximum atomic E-state index is 11.9. The summed E-state index contributed by atoms with van der Waals surface area (Å²) in [5, 5.41) is 12.5. The van der Waals surface area contributed by atoms with Crippen LogP contribution in [0.4, 0.5) is 0 Å². The van der Waals surface area contributed by atoms with Gasteiger partial charge < -0.3 is 9.73 Å². The summed E-state index contributed by atoms with van der Waals surface area (Å²) in [6, 6.07) is 13.5. The number of carbonyl (C=O) groups excluding carboxylic acids is 1. The van der Waals surface area contributed by atoms with Crippen molar-refractivity contribution >= 4 is 27.5 Å². The number of carbonyl (C=O) groups is 1. The summed E-state index contributed by atoms with van der Waals surface area (Å²) in [5.41, 5.74) is -0.114. The van der Waals surface area contributed by atoms with Gasteiger partial charge in [-0.2, -0.15) is 5.26 Å². The fraction of sp³-hybridized carbons (Fsp3) is 0.235. The molecule has 0 aliphatic heterocycles. The summed E-state index contributed by atoms with van der Waals surface area (Å²) in [4.78, 5) is 16.4. The van der Waals surface area contributed by atoms with Crippen LogP contribution in [-0.2, 0) is 11.3 Å². The van der Waals surface area contributed by atoms with Crippen molar-refractivity contribution in [1.29, 1.82) is 5.26 Å². The van der Waals surface area contributed by atoms with E-state index < -0.39 is 5.41 Å². The van der Waals surface area contributed by atoms with Gasteiger partial charge >= 0.3 is 0 Å². The Morgan fingerprint density at radius 1 is 1.35 bits per heavy atom. The molecule has 0 saturated carbocycles. The number of nitrogens with one attached hydrogen (secondary N) is 1. The number of nitrogens with zero attached hydrogens (tertiary/aromatic N) is 2. The van der Waals surface area contributed by atoms with Gasteiger partial charge in [0.05, 0.1) is 22.8 Å². The predicted octanol–water partition coefficient (Wildman–Crippen LogP) is 3.72. The SMILES string of the molecule is CC(C)(C#N)C(=O)NCc1ccc(-c2nc3ccccc3s2)o1. The van der Waals surface area contributed by atoms with Crippen LogP contribution in [0.3, 0.4) is 0 Å².